The number of amides is 2. The van der Waals surface area contributed by atoms with Crippen molar-refractivity contribution in [1.29, 1.82) is 0 Å². The van der Waals surface area contributed by atoms with Gasteiger partial charge in [-0.1, -0.05) is 12.1 Å². The molecule has 0 bridgehead atoms. The molecule has 0 heterocycles. The van der Waals surface area contributed by atoms with Crippen molar-refractivity contribution in [2.75, 3.05) is 0 Å². The van der Waals surface area contributed by atoms with Gasteiger partial charge in [0.05, 0.1) is 6.21 Å². The van der Waals surface area contributed by atoms with E-state index in [-0.39, 0.29) is 5.56 Å². The van der Waals surface area contributed by atoms with E-state index in [2.05, 4.69) is 33.1 Å². The molecular formula is C15H12IN3O3. The normalized spacial score (nSPS) is 10.5. The summed E-state index contributed by atoms with van der Waals surface area (Å²) < 4.78 is 1.12. The van der Waals surface area contributed by atoms with Gasteiger partial charge in [0.25, 0.3) is 11.8 Å². The monoisotopic (exact) mass is 409 g/mol. The molecule has 0 aliphatic heterocycles. The van der Waals surface area contributed by atoms with E-state index in [0.717, 1.165) is 9.13 Å². The highest BCUT2D eigenvalue weighted by Gasteiger charge is 2.07. The van der Waals surface area contributed by atoms with Gasteiger partial charge >= 0.3 is 0 Å². The number of rotatable bonds is 4. The molecule has 112 valence electrons. The van der Waals surface area contributed by atoms with Gasteiger partial charge in [-0.05, 0) is 64.6 Å². The number of carbonyl (C=O) groups excluding carboxylic acids is 2. The molecule has 0 aliphatic rings. The Morgan fingerprint density at radius 2 is 1.50 bits per heavy atom. The van der Waals surface area contributed by atoms with Crippen molar-refractivity contribution in [3.8, 4) is 0 Å². The second-order valence-corrected chi connectivity index (χ2v) is 5.51. The number of benzene rings is 2. The largest absolute Gasteiger partial charge is 0.288 e. The Hall–Kier alpha value is -2.26. The zero-order valence-corrected chi connectivity index (χ0v) is 13.4. The molecule has 0 fully saturated rings. The number of hydrogen-bond donors (Lipinski definition) is 3. The molecule has 7 heteroatoms. The summed E-state index contributed by atoms with van der Waals surface area (Å²) in [4.78, 5) is 23.0. The first-order valence-corrected chi connectivity index (χ1v) is 7.31. The Morgan fingerprint density at radius 1 is 0.955 bits per heavy atom. The molecule has 2 aromatic rings. The van der Waals surface area contributed by atoms with E-state index in [1.54, 1.807) is 6.21 Å². The predicted molar refractivity (Wildman–Crippen MR) is 89.9 cm³/mol. The molecule has 0 spiro atoms. The maximum Gasteiger partial charge on any atom is 0.274 e. The van der Waals surface area contributed by atoms with Crippen molar-refractivity contribution in [2.45, 2.75) is 0 Å². The maximum absolute atomic E-state index is 11.9. The summed E-state index contributed by atoms with van der Waals surface area (Å²) in [6, 6.07) is 13.5. The van der Waals surface area contributed by atoms with Crippen LogP contribution in [0.1, 0.15) is 26.3 Å². The van der Waals surface area contributed by atoms with Crippen LogP contribution in [0.3, 0.4) is 0 Å². The van der Waals surface area contributed by atoms with Crippen molar-refractivity contribution in [3.63, 3.8) is 0 Å². The van der Waals surface area contributed by atoms with Crippen molar-refractivity contribution < 1.29 is 14.8 Å². The van der Waals surface area contributed by atoms with Crippen LogP contribution in [0.25, 0.3) is 0 Å². The Morgan fingerprint density at radius 3 is 2.05 bits per heavy atom. The summed E-state index contributed by atoms with van der Waals surface area (Å²) in [6.07, 6.45) is 1.54. The fourth-order valence-corrected chi connectivity index (χ4v) is 1.98. The Labute approximate surface area is 140 Å². The van der Waals surface area contributed by atoms with Crippen LogP contribution in [-0.2, 0) is 0 Å². The third kappa shape index (κ3) is 4.37. The summed E-state index contributed by atoms with van der Waals surface area (Å²) >= 11 is 2.20. The number of nitrogens with one attached hydrogen (secondary N) is 2. The molecule has 0 saturated carbocycles. The van der Waals surface area contributed by atoms with Gasteiger partial charge in [-0.15, -0.1) is 0 Å². The zero-order chi connectivity index (χ0) is 15.9. The summed E-state index contributed by atoms with van der Waals surface area (Å²) in [5, 5.41) is 12.4. The van der Waals surface area contributed by atoms with Crippen molar-refractivity contribution in [3.05, 3.63) is 68.8 Å². The first kappa shape index (κ1) is 16.1. The third-order valence-electron chi connectivity index (χ3n) is 2.76. The molecule has 2 amide bonds. The lowest BCUT2D eigenvalue weighted by atomic mass is 10.1. The van der Waals surface area contributed by atoms with Crippen LogP contribution < -0.4 is 10.9 Å². The summed E-state index contributed by atoms with van der Waals surface area (Å²) in [7, 11) is 0. The first-order valence-electron chi connectivity index (χ1n) is 6.23. The highest BCUT2D eigenvalue weighted by Crippen LogP contribution is 2.06. The van der Waals surface area contributed by atoms with Crippen LogP contribution in [0.15, 0.2) is 53.6 Å². The number of halogens is 1. The number of carbonyl (C=O) groups is 2. The Balaban J connectivity index is 1.97. The number of hydrazone groups is 1. The fraction of sp³-hybridized carbons (Fsp3) is 0. The molecule has 0 radical (unpaired) electrons. The lowest BCUT2D eigenvalue weighted by molar-refractivity contribution is 0.0706. The molecule has 0 saturated heterocycles. The van der Waals surface area contributed by atoms with Gasteiger partial charge < -0.3 is 0 Å². The van der Waals surface area contributed by atoms with Gasteiger partial charge in [0.1, 0.15) is 0 Å². The Kier molecular flexibility index (Phi) is 5.61. The minimum Gasteiger partial charge on any atom is -0.288 e. The minimum absolute atomic E-state index is 0.251. The van der Waals surface area contributed by atoms with Gasteiger partial charge in [-0.2, -0.15) is 5.10 Å². The van der Waals surface area contributed by atoms with E-state index >= 15 is 0 Å². The summed E-state index contributed by atoms with van der Waals surface area (Å²) in [5.74, 6) is -1.03. The zero-order valence-electron chi connectivity index (χ0n) is 11.3. The van der Waals surface area contributed by atoms with Crippen LogP contribution in [0.5, 0.6) is 0 Å². The highest BCUT2D eigenvalue weighted by molar-refractivity contribution is 14.1. The van der Waals surface area contributed by atoms with Crippen LogP contribution in [-0.4, -0.2) is 23.2 Å². The number of hydroxylamine groups is 1. The van der Waals surface area contributed by atoms with E-state index in [4.69, 9.17) is 5.21 Å². The Bertz CT molecular complexity index is 697. The van der Waals surface area contributed by atoms with E-state index < -0.39 is 11.8 Å². The van der Waals surface area contributed by atoms with Gasteiger partial charge in [-0.3, -0.25) is 14.8 Å². The number of hydrogen-bond acceptors (Lipinski definition) is 4. The molecule has 0 aromatic heterocycles. The molecule has 2 rings (SSSR count). The standard InChI is InChI=1S/C15H12IN3O3/c16-13-7-1-10(2-8-13)9-17-18-14(20)11-3-5-12(6-4-11)15(21)19-22/h1-9,22H,(H,18,20)(H,19,21)/b17-9+. The molecule has 0 unspecified atom stereocenters. The quantitative estimate of drug-likeness (QED) is 0.313. The van der Waals surface area contributed by atoms with Gasteiger partial charge in [0, 0.05) is 14.7 Å². The lowest BCUT2D eigenvalue weighted by Gasteiger charge is -2.02. The van der Waals surface area contributed by atoms with E-state index in [0.29, 0.717) is 5.56 Å². The topological polar surface area (TPSA) is 90.8 Å². The SMILES string of the molecule is O=C(NO)c1ccc(C(=O)N/N=C/c2ccc(I)cc2)cc1. The molecule has 0 atom stereocenters. The van der Waals surface area contributed by atoms with Crippen molar-refractivity contribution in [1.82, 2.24) is 10.9 Å². The van der Waals surface area contributed by atoms with Crippen molar-refractivity contribution >= 4 is 40.6 Å². The van der Waals surface area contributed by atoms with Crippen LogP contribution in [0, 0.1) is 3.57 Å². The highest BCUT2D eigenvalue weighted by atomic mass is 127. The average molecular weight is 409 g/mol. The molecule has 2 aromatic carbocycles. The maximum atomic E-state index is 11.9. The predicted octanol–water partition coefficient (Wildman–Crippen LogP) is 2.17. The smallest absolute Gasteiger partial charge is 0.274 e. The second-order valence-electron chi connectivity index (χ2n) is 4.27. The van der Waals surface area contributed by atoms with E-state index in [1.165, 1.54) is 29.7 Å². The lowest BCUT2D eigenvalue weighted by Crippen LogP contribution is -2.20. The van der Waals surface area contributed by atoms with Crippen molar-refractivity contribution in [2.24, 2.45) is 5.10 Å². The molecule has 6 nitrogen and oxygen atoms in total. The molecule has 22 heavy (non-hydrogen) atoms. The second kappa shape index (κ2) is 7.66. The van der Waals surface area contributed by atoms with E-state index in [9.17, 15) is 9.59 Å². The van der Waals surface area contributed by atoms with Crippen LogP contribution in [0.2, 0.25) is 0 Å². The minimum atomic E-state index is -0.635. The first-order chi connectivity index (χ1) is 10.6. The van der Waals surface area contributed by atoms with E-state index in [1.807, 2.05) is 24.3 Å². The molecule has 0 aliphatic carbocycles. The van der Waals surface area contributed by atoms with Crippen LogP contribution >= 0.6 is 22.6 Å². The summed E-state index contributed by atoms with van der Waals surface area (Å²) in [5.41, 5.74) is 5.40. The fourth-order valence-electron chi connectivity index (χ4n) is 1.62. The summed E-state index contributed by atoms with van der Waals surface area (Å²) in [6.45, 7) is 0. The molecule has 3 N–H and O–H groups in total. The van der Waals surface area contributed by atoms with Crippen LogP contribution in [0.4, 0.5) is 0 Å². The molecular weight excluding hydrogens is 397 g/mol. The number of nitrogens with zero attached hydrogens (tertiary/aromatic N) is 1. The third-order valence-corrected chi connectivity index (χ3v) is 3.48. The average Bonchev–Trinajstić information content (AvgIpc) is 2.56. The van der Waals surface area contributed by atoms with Gasteiger partial charge in [-0.25, -0.2) is 10.9 Å². The van der Waals surface area contributed by atoms with Gasteiger partial charge in [0.15, 0.2) is 0 Å². The van der Waals surface area contributed by atoms with Gasteiger partial charge in [0.2, 0.25) is 0 Å².